The molecular formula is C49H70LuN16O10-2. The number of allylic oxidation sites excluding steroid dienone is 4. The van der Waals surface area contributed by atoms with Crippen molar-refractivity contribution in [2.75, 3.05) is 107 Å². The molecule has 0 spiro atoms. The van der Waals surface area contributed by atoms with Crippen molar-refractivity contribution in [1.82, 2.24) is 19.9 Å². The number of methoxy groups -OCH3 is 2. The summed E-state index contributed by atoms with van der Waals surface area (Å²) in [6.07, 6.45) is 5.92. The van der Waals surface area contributed by atoms with Gasteiger partial charge in [0, 0.05) is 70.5 Å². The fraction of sp³-hybridized carbons (Fsp3) is 0.531. The number of aliphatic hydroxyl groups excluding tert-OH is 2. The summed E-state index contributed by atoms with van der Waals surface area (Å²) in [5.74, 6) is 10.1. The molecule has 1 aromatic carbocycles. The van der Waals surface area contributed by atoms with Crippen LogP contribution in [0.3, 0.4) is 0 Å². The van der Waals surface area contributed by atoms with E-state index in [1.165, 1.54) is 11.1 Å². The van der Waals surface area contributed by atoms with Crippen LogP contribution in [0.1, 0.15) is 87.3 Å². The Morgan fingerprint density at radius 2 is 0.974 bits per heavy atom. The second kappa shape index (κ2) is 38.8. The summed E-state index contributed by atoms with van der Waals surface area (Å²) in [4.78, 5) is 20.5. The molecular weight excluding hydrogens is 1150 g/mol. The third-order valence-corrected chi connectivity index (χ3v) is 11.1. The third kappa shape index (κ3) is 21.7. The van der Waals surface area contributed by atoms with Crippen molar-refractivity contribution in [3.63, 3.8) is 0 Å². The topological polar surface area (TPSA) is 343 Å². The van der Waals surface area contributed by atoms with Crippen LogP contribution in [0.4, 0.5) is 0 Å². The average Bonchev–Trinajstić information content (AvgIpc) is 4.02. The molecule has 26 nitrogen and oxygen atoms in total. The molecule has 76 heavy (non-hydrogen) atoms. The predicted octanol–water partition coefficient (Wildman–Crippen LogP) is 7.68. The second-order valence-electron chi connectivity index (χ2n) is 15.9. The van der Waals surface area contributed by atoms with Gasteiger partial charge < -0.3 is 69.8 Å². The van der Waals surface area contributed by atoms with Gasteiger partial charge in [-0.25, -0.2) is 4.98 Å². The van der Waals surface area contributed by atoms with Crippen LogP contribution in [0.15, 0.2) is 88.8 Å². The fourth-order valence-electron chi connectivity index (χ4n) is 7.54. The molecule has 27 heteroatoms. The van der Waals surface area contributed by atoms with Gasteiger partial charge in [-0.05, 0) is 128 Å². The maximum atomic E-state index is 9.86. The van der Waals surface area contributed by atoms with Crippen molar-refractivity contribution >= 4 is 44.2 Å². The zero-order valence-corrected chi connectivity index (χ0v) is 45.6. The monoisotopic (exact) mass is 1220 g/mol. The van der Waals surface area contributed by atoms with E-state index in [4.69, 9.17) is 57.8 Å². The standard InChI is InChI=1S/C49H66N4O10.Lu.H4N12/c1-7-37-38(8-2)44-31-46-40(12-10-16-55)35(4)47(53-46)33-50-42-32-49(63-28-26-61-24-22-59-20-18-57-6)48(62-27-25-60-23-21-58-19-17-56-5)29-36(42)13-14-41-34(3)39(11-9-15-54)45(51-41)30-43(37)52-44;;1-3-5-7-9-11-12-10-8-6-4-2/h14,29-33,54-55H,7-12,15-28H2,1-6H3;;(H2,1,4,5,8,9,12)(H2,2,3,6,7,10,11)/q-2;;. The minimum atomic E-state index is 0. The van der Waals surface area contributed by atoms with Crippen LogP contribution in [0.5, 0.6) is 11.5 Å². The number of hydrogen-bond donors (Lipinski definition) is 4. The zero-order valence-electron chi connectivity index (χ0n) is 43.9. The molecule has 2 aromatic heterocycles. The van der Waals surface area contributed by atoms with E-state index in [2.05, 4.69) is 110 Å². The number of rotatable bonds is 32. The normalized spacial score (nSPS) is 12.7. The van der Waals surface area contributed by atoms with E-state index in [9.17, 15) is 10.2 Å². The van der Waals surface area contributed by atoms with Gasteiger partial charge in [0.2, 0.25) is 0 Å². The second-order valence-corrected chi connectivity index (χ2v) is 15.9. The number of aryl methyl sites for hydroxylation is 2. The Labute approximate surface area is 471 Å². The molecule has 0 aliphatic carbocycles. The third-order valence-electron chi connectivity index (χ3n) is 11.1. The van der Waals surface area contributed by atoms with Crippen molar-refractivity contribution in [3.05, 3.63) is 76.5 Å². The van der Waals surface area contributed by atoms with Crippen molar-refractivity contribution in [2.45, 2.75) is 66.2 Å². The number of aromatic nitrogens is 4. The molecule has 0 saturated heterocycles. The Bertz CT molecular complexity index is 2470. The molecule has 0 atom stereocenters. The zero-order chi connectivity index (χ0) is 53.9. The summed E-state index contributed by atoms with van der Waals surface area (Å²) in [7, 11) is 3.28. The summed E-state index contributed by atoms with van der Waals surface area (Å²) < 4.78 is 45.3. The Morgan fingerprint density at radius 1 is 0.553 bits per heavy atom. The van der Waals surface area contributed by atoms with E-state index in [1.54, 1.807) is 20.4 Å². The summed E-state index contributed by atoms with van der Waals surface area (Å²) in [6.45, 7) is 13.6. The van der Waals surface area contributed by atoms with Crippen LogP contribution < -0.4 is 26.1 Å². The van der Waals surface area contributed by atoms with Crippen LogP contribution in [0.2, 0.25) is 0 Å². The maximum Gasteiger partial charge on any atom is 0.144 e. The van der Waals surface area contributed by atoms with Crippen LogP contribution in [0.25, 0.3) is 44.2 Å². The first-order chi connectivity index (χ1) is 36.8. The van der Waals surface area contributed by atoms with Crippen molar-refractivity contribution in [3.8, 4) is 11.5 Å². The van der Waals surface area contributed by atoms with Gasteiger partial charge in [0.25, 0.3) is 0 Å². The van der Waals surface area contributed by atoms with Gasteiger partial charge in [-0.2, -0.15) is 0 Å². The average molecular weight is 1220 g/mol. The van der Waals surface area contributed by atoms with E-state index in [1.807, 2.05) is 18.2 Å². The SMILES string of the molecule is CCc1c(CC)c2cc3nc(cnc4cc(OCCOCCOCCOC)c(OCCOCCOCCOC)cc4[c-]cc4nc(cc1[n-]2)C(CCCO)=C4C)C(C)=C3CCCO.N/N=N/N=N/N=N/N=N/N=N/N.[Lu]. The minimum Gasteiger partial charge on any atom is -0.657 e. The van der Waals surface area contributed by atoms with Gasteiger partial charge in [0.05, 0.1) is 83.2 Å². The van der Waals surface area contributed by atoms with Crippen LogP contribution >= 0.6 is 0 Å². The summed E-state index contributed by atoms with van der Waals surface area (Å²) >= 11 is 0. The van der Waals surface area contributed by atoms with Gasteiger partial charge in [-0.3, -0.25) is 4.98 Å². The van der Waals surface area contributed by atoms with Crippen LogP contribution in [0, 0.1) is 42.9 Å². The Hall–Kier alpha value is -5.68. The van der Waals surface area contributed by atoms with Crippen LogP contribution in [-0.4, -0.2) is 132 Å². The smallest absolute Gasteiger partial charge is 0.144 e. The molecule has 0 fully saturated rings. The van der Waals surface area contributed by atoms with E-state index in [-0.39, 0.29) is 63.3 Å². The maximum absolute atomic E-state index is 9.86. The first kappa shape index (κ1) is 64.6. The number of ether oxygens (including phenoxy) is 8. The molecule has 4 heterocycles. The number of nitrogens with two attached hydrogens (primary N) is 2. The Balaban J connectivity index is 0.00000104. The molecule has 5 rings (SSSR count). The number of nitrogens with zero attached hydrogens (tertiary/aromatic N) is 14. The minimum absolute atomic E-state index is 0. The van der Waals surface area contributed by atoms with Crippen molar-refractivity contribution in [1.29, 1.82) is 0 Å². The van der Waals surface area contributed by atoms with Crippen molar-refractivity contribution in [2.24, 2.45) is 63.9 Å². The summed E-state index contributed by atoms with van der Waals surface area (Å²) in [5, 5.41) is 49.2. The van der Waals surface area contributed by atoms with E-state index in [0.717, 1.165) is 68.9 Å². The van der Waals surface area contributed by atoms with Crippen LogP contribution in [-0.2, 0) is 41.3 Å². The first-order valence-corrected chi connectivity index (χ1v) is 24.5. The first-order valence-electron chi connectivity index (χ1n) is 24.5. The molecule has 3 aromatic rings. The quantitative estimate of drug-likeness (QED) is 0.0153. The van der Waals surface area contributed by atoms with E-state index >= 15 is 0 Å². The molecule has 6 N–H and O–H groups in total. The van der Waals surface area contributed by atoms with Gasteiger partial charge in [-0.1, -0.05) is 59.2 Å². The number of aliphatic hydroxyl groups is 2. The fourth-order valence-corrected chi connectivity index (χ4v) is 7.54. The van der Waals surface area contributed by atoms with E-state index < -0.39 is 0 Å². The molecule has 2 aliphatic heterocycles. The van der Waals surface area contributed by atoms with Crippen molar-refractivity contribution < 1.29 is 85.0 Å². The molecule has 0 amide bonds. The largest absolute Gasteiger partial charge is 0.657 e. The van der Waals surface area contributed by atoms with Gasteiger partial charge in [-0.15, -0.1) is 28.6 Å². The predicted molar refractivity (Wildman–Crippen MR) is 278 cm³/mol. The van der Waals surface area contributed by atoms with Gasteiger partial charge >= 0.3 is 0 Å². The Morgan fingerprint density at radius 3 is 1.42 bits per heavy atom. The summed E-state index contributed by atoms with van der Waals surface area (Å²) in [6, 6.07) is 13.3. The number of hydrogen-bond acceptors (Lipinski definition) is 15. The summed E-state index contributed by atoms with van der Waals surface area (Å²) in [5.41, 5.74) is 12.0. The molecule has 423 valence electrons. The molecule has 0 saturated carbocycles. The number of fused-ring (bicyclic) bond motifs is 7. The number of benzene rings is 1. The van der Waals surface area contributed by atoms with Gasteiger partial charge in [0.1, 0.15) is 24.7 Å². The molecule has 2 aliphatic rings. The molecule has 6 bridgehead atoms. The molecule has 0 unspecified atom stereocenters. The van der Waals surface area contributed by atoms with E-state index in [0.29, 0.717) is 114 Å². The Kier molecular flexibility index (Phi) is 33.0. The van der Waals surface area contributed by atoms with Gasteiger partial charge in [0.15, 0.2) is 0 Å². The molecule has 1 radical (unpaired) electrons.